The van der Waals surface area contributed by atoms with Crippen LogP contribution in [0.2, 0.25) is 0 Å². The number of hydrogen-bond donors (Lipinski definition) is 3. The molecule has 0 bridgehead atoms. The third-order valence-electron chi connectivity index (χ3n) is 2.34. The van der Waals surface area contributed by atoms with Gasteiger partial charge in [0.25, 0.3) is 0 Å². The molecular formula is C11H16N2O2. The summed E-state index contributed by atoms with van der Waals surface area (Å²) in [4.78, 5) is 10.8. The molecule has 0 aliphatic carbocycles. The van der Waals surface area contributed by atoms with Crippen LogP contribution in [-0.2, 0) is 11.2 Å². The van der Waals surface area contributed by atoms with Gasteiger partial charge in [0.2, 0.25) is 5.91 Å². The third kappa shape index (κ3) is 3.34. The summed E-state index contributed by atoms with van der Waals surface area (Å²) in [7, 11) is 1.69. The first-order valence-electron chi connectivity index (χ1n) is 4.83. The van der Waals surface area contributed by atoms with Gasteiger partial charge in [-0.25, -0.2) is 0 Å². The van der Waals surface area contributed by atoms with E-state index in [2.05, 4.69) is 5.32 Å². The predicted octanol–water partition coefficient (Wildman–Crippen LogP) is -0.337. The van der Waals surface area contributed by atoms with E-state index in [9.17, 15) is 9.90 Å². The SMILES string of the molecule is CNC(Cc1ccccc1)C(O)C(N)=O. The molecule has 0 spiro atoms. The summed E-state index contributed by atoms with van der Waals surface area (Å²) in [5, 5.41) is 12.4. The standard InChI is InChI=1S/C11H16N2O2/c1-13-9(10(14)11(12)15)7-8-5-3-2-4-6-8/h2-6,9-10,13-14H,7H2,1H3,(H2,12,15). The number of nitrogens with one attached hydrogen (secondary N) is 1. The van der Waals surface area contributed by atoms with E-state index in [-0.39, 0.29) is 6.04 Å². The minimum absolute atomic E-state index is 0.343. The van der Waals surface area contributed by atoms with Crippen LogP contribution in [0.3, 0.4) is 0 Å². The van der Waals surface area contributed by atoms with Crippen molar-refractivity contribution in [3.8, 4) is 0 Å². The second-order valence-corrected chi connectivity index (χ2v) is 3.43. The summed E-state index contributed by atoms with van der Waals surface area (Å²) in [6, 6.07) is 9.29. The number of carbonyl (C=O) groups is 1. The fourth-order valence-electron chi connectivity index (χ4n) is 1.44. The van der Waals surface area contributed by atoms with Gasteiger partial charge in [0.1, 0.15) is 6.10 Å². The topological polar surface area (TPSA) is 75.3 Å². The Bertz CT molecular complexity index is 314. The zero-order chi connectivity index (χ0) is 11.3. The highest BCUT2D eigenvalue weighted by molar-refractivity contribution is 5.79. The van der Waals surface area contributed by atoms with Gasteiger partial charge in [0, 0.05) is 6.04 Å². The van der Waals surface area contributed by atoms with Crippen molar-refractivity contribution in [2.45, 2.75) is 18.6 Å². The lowest BCUT2D eigenvalue weighted by molar-refractivity contribution is -0.127. The van der Waals surface area contributed by atoms with E-state index in [1.165, 1.54) is 0 Å². The van der Waals surface area contributed by atoms with Crippen LogP contribution in [0, 0.1) is 0 Å². The molecule has 2 unspecified atom stereocenters. The maximum atomic E-state index is 10.8. The molecule has 0 fully saturated rings. The van der Waals surface area contributed by atoms with Crippen LogP contribution in [0.1, 0.15) is 5.56 Å². The molecule has 0 saturated heterocycles. The molecule has 82 valence electrons. The highest BCUT2D eigenvalue weighted by Gasteiger charge is 2.22. The lowest BCUT2D eigenvalue weighted by Gasteiger charge is -2.19. The van der Waals surface area contributed by atoms with Crippen LogP contribution < -0.4 is 11.1 Å². The largest absolute Gasteiger partial charge is 0.382 e. The van der Waals surface area contributed by atoms with Crippen LogP contribution >= 0.6 is 0 Å². The molecular weight excluding hydrogens is 192 g/mol. The summed E-state index contributed by atoms with van der Waals surface area (Å²) in [6.07, 6.45) is -0.586. The number of primary amides is 1. The maximum Gasteiger partial charge on any atom is 0.247 e. The molecule has 15 heavy (non-hydrogen) atoms. The summed E-state index contributed by atoms with van der Waals surface area (Å²) in [5.41, 5.74) is 6.09. The highest BCUT2D eigenvalue weighted by atomic mass is 16.3. The molecule has 2 atom stereocenters. The number of aliphatic hydroxyl groups is 1. The Kier molecular flexibility index (Phi) is 4.27. The van der Waals surface area contributed by atoms with E-state index >= 15 is 0 Å². The van der Waals surface area contributed by atoms with Crippen LogP contribution in [0.5, 0.6) is 0 Å². The van der Waals surface area contributed by atoms with Gasteiger partial charge in [0.15, 0.2) is 0 Å². The van der Waals surface area contributed by atoms with Gasteiger partial charge in [-0.2, -0.15) is 0 Å². The monoisotopic (exact) mass is 208 g/mol. The van der Waals surface area contributed by atoms with Crippen molar-refractivity contribution in [1.29, 1.82) is 0 Å². The Balaban J connectivity index is 2.66. The molecule has 0 saturated carbocycles. The number of carbonyl (C=O) groups excluding carboxylic acids is 1. The third-order valence-corrected chi connectivity index (χ3v) is 2.34. The second-order valence-electron chi connectivity index (χ2n) is 3.43. The van der Waals surface area contributed by atoms with Crippen molar-refractivity contribution in [1.82, 2.24) is 5.32 Å². The van der Waals surface area contributed by atoms with Gasteiger partial charge in [-0.05, 0) is 19.0 Å². The van der Waals surface area contributed by atoms with Crippen LogP contribution in [0.25, 0.3) is 0 Å². The Hall–Kier alpha value is -1.39. The average molecular weight is 208 g/mol. The Morgan fingerprint density at radius 2 is 2.07 bits per heavy atom. The number of amides is 1. The van der Waals surface area contributed by atoms with Crippen molar-refractivity contribution in [3.05, 3.63) is 35.9 Å². The molecule has 0 aliphatic rings. The van der Waals surface area contributed by atoms with Crippen molar-refractivity contribution in [2.24, 2.45) is 5.73 Å². The number of aliphatic hydroxyl groups excluding tert-OH is 1. The second kappa shape index (κ2) is 5.48. The van der Waals surface area contributed by atoms with Crippen molar-refractivity contribution in [2.75, 3.05) is 7.05 Å². The zero-order valence-corrected chi connectivity index (χ0v) is 8.68. The normalized spacial score (nSPS) is 14.5. The molecule has 0 aliphatic heterocycles. The van der Waals surface area contributed by atoms with Crippen molar-refractivity contribution >= 4 is 5.91 Å². The smallest absolute Gasteiger partial charge is 0.247 e. The fraction of sp³-hybridized carbons (Fsp3) is 0.364. The van der Waals surface area contributed by atoms with E-state index in [4.69, 9.17) is 5.73 Å². The maximum absolute atomic E-state index is 10.8. The van der Waals surface area contributed by atoms with Crippen LogP contribution in [0.15, 0.2) is 30.3 Å². The van der Waals surface area contributed by atoms with Crippen LogP contribution in [-0.4, -0.2) is 30.2 Å². The van der Waals surface area contributed by atoms with Crippen molar-refractivity contribution < 1.29 is 9.90 Å². The Morgan fingerprint density at radius 1 is 1.47 bits per heavy atom. The van der Waals surface area contributed by atoms with E-state index in [1.54, 1.807) is 7.05 Å². The van der Waals surface area contributed by atoms with E-state index in [0.29, 0.717) is 6.42 Å². The van der Waals surface area contributed by atoms with Gasteiger partial charge in [-0.3, -0.25) is 4.79 Å². The van der Waals surface area contributed by atoms with Crippen LogP contribution in [0.4, 0.5) is 0 Å². The van der Waals surface area contributed by atoms with E-state index in [0.717, 1.165) is 5.56 Å². The summed E-state index contributed by atoms with van der Waals surface area (Å²) >= 11 is 0. The first-order valence-corrected chi connectivity index (χ1v) is 4.83. The van der Waals surface area contributed by atoms with Gasteiger partial charge in [-0.1, -0.05) is 30.3 Å². The molecule has 1 aromatic rings. The van der Waals surface area contributed by atoms with Gasteiger partial charge < -0.3 is 16.2 Å². The van der Waals surface area contributed by atoms with Gasteiger partial charge >= 0.3 is 0 Å². The summed E-state index contributed by atoms with van der Waals surface area (Å²) in [5.74, 6) is -0.703. The molecule has 1 amide bonds. The first-order chi connectivity index (χ1) is 7.15. The number of likely N-dealkylation sites (N-methyl/N-ethyl adjacent to an activating group) is 1. The minimum Gasteiger partial charge on any atom is -0.382 e. The molecule has 0 radical (unpaired) electrons. The number of nitrogens with two attached hydrogens (primary N) is 1. The average Bonchev–Trinajstić information content (AvgIpc) is 2.26. The van der Waals surface area contributed by atoms with Gasteiger partial charge in [-0.15, -0.1) is 0 Å². The zero-order valence-electron chi connectivity index (χ0n) is 8.68. The fourth-order valence-corrected chi connectivity index (χ4v) is 1.44. The molecule has 1 aromatic carbocycles. The molecule has 0 heterocycles. The number of rotatable bonds is 5. The van der Waals surface area contributed by atoms with E-state index in [1.807, 2.05) is 30.3 Å². The first kappa shape index (κ1) is 11.7. The Labute approximate surface area is 89.1 Å². The molecule has 1 rings (SSSR count). The summed E-state index contributed by atoms with van der Waals surface area (Å²) in [6.45, 7) is 0. The molecule has 4 nitrogen and oxygen atoms in total. The molecule has 4 N–H and O–H groups in total. The predicted molar refractivity (Wildman–Crippen MR) is 58.2 cm³/mol. The Morgan fingerprint density at radius 3 is 2.53 bits per heavy atom. The van der Waals surface area contributed by atoms with E-state index < -0.39 is 12.0 Å². The highest BCUT2D eigenvalue weighted by Crippen LogP contribution is 2.05. The molecule has 0 aromatic heterocycles. The van der Waals surface area contributed by atoms with Gasteiger partial charge in [0.05, 0.1) is 0 Å². The quantitative estimate of drug-likeness (QED) is 0.620. The lowest BCUT2D eigenvalue weighted by atomic mass is 10.0. The molecule has 4 heteroatoms. The summed E-state index contributed by atoms with van der Waals surface area (Å²) < 4.78 is 0. The number of hydrogen-bond acceptors (Lipinski definition) is 3. The number of benzene rings is 1. The lowest BCUT2D eigenvalue weighted by Crippen LogP contribution is -2.46. The van der Waals surface area contributed by atoms with Crippen molar-refractivity contribution in [3.63, 3.8) is 0 Å². The minimum atomic E-state index is -1.16.